The van der Waals surface area contributed by atoms with Crippen LogP contribution in [0.5, 0.6) is 11.5 Å². The first-order valence-corrected chi connectivity index (χ1v) is 14.6. The SMILES string of the molecule is Nc1ccccc1N=CCn1c2ccccc2c2cc3c(cc21)C1(c2ccccc2Oc2ccccc21)c1ccccc1-3. The van der Waals surface area contributed by atoms with E-state index in [2.05, 4.69) is 114 Å². The van der Waals surface area contributed by atoms with Crippen molar-refractivity contribution in [3.8, 4) is 22.6 Å². The van der Waals surface area contributed by atoms with Gasteiger partial charge in [-0.05, 0) is 64.7 Å². The first-order chi connectivity index (χ1) is 21.2. The lowest BCUT2D eigenvalue weighted by molar-refractivity contribution is 0.436. The highest BCUT2D eigenvalue weighted by atomic mass is 16.5. The molecule has 204 valence electrons. The number of nitrogens with zero attached hydrogens (tertiary/aromatic N) is 2. The molecule has 0 amide bonds. The van der Waals surface area contributed by atoms with Crippen molar-refractivity contribution in [3.05, 3.63) is 156 Å². The molecule has 2 N–H and O–H groups in total. The summed E-state index contributed by atoms with van der Waals surface area (Å²) >= 11 is 0. The minimum atomic E-state index is -0.501. The third-order valence-electron chi connectivity index (χ3n) is 9.17. The summed E-state index contributed by atoms with van der Waals surface area (Å²) in [5.41, 5.74) is 17.0. The second-order valence-corrected chi connectivity index (χ2v) is 11.3. The minimum absolute atomic E-state index is 0.501. The van der Waals surface area contributed by atoms with E-state index in [-0.39, 0.29) is 0 Å². The van der Waals surface area contributed by atoms with Crippen LogP contribution in [0.4, 0.5) is 11.4 Å². The van der Waals surface area contributed by atoms with E-state index in [0.717, 1.165) is 17.2 Å². The third-order valence-corrected chi connectivity index (χ3v) is 9.17. The van der Waals surface area contributed by atoms with Gasteiger partial charge < -0.3 is 15.0 Å². The van der Waals surface area contributed by atoms with E-state index in [1.807, 2.05) is 30.5 Å². The largest absolute Gasteiger partial charge is 0.457 e. The fourth-order valence-electron chi connectivity index (χ4n) is 7.41. The van der Waals surface area contributed by atoms with Crippen molar-refractivity contribution in [3.63, 3.8) is 0 Å². The number of anilines is 1. The molecule has 0 radical (unpaired) electrons. The molecule has 0 fully saturated rings. The van der Waals surface area contributed by atoms with E-state index < -0.39 is 5.41 Å². The molecule has 9 rings (SSSR count). The van der Waals surface area contributed by atoms with Gasteiger partial charge in [0.2, 0.25) is 0 Å². The van der Waals surface area contributed by atoms with E-state index in [1.165, 1.54) is 55.2 Å². The van der Waals surface area contributed by atoms with Crippen LogP contribution in [0.3, 0.4) is 0 Å². The predicted octanol–water partition coefficient (Wildman–Crippen LogP) is 9.25. The molecule has 43 heavy (non-hydrogen) atoms. The van der Waals surface area contributed by atoms with E-state index in [1.54, 1.807) is 0 Å². The number of hydrogen-bond donors (Lipinski definition) is 1. The molecule has 0 bridgehead atoms. The third kappa shape index (κ3) is 3.23. The number of ether oxygens (including phenoxy) is 1. The molecule has 2 aliphatic rings. The molecule has 7 aromatic rings. The molecule has 4 nitrogen and oxygen atoms in total. The summed E-state index contributed by atoms with van der Waals surface area (Å²) in [5.74, 6) is 1.80. The standard InChI is InChI=1S/C39H27N3O/c40-33-16-6-7-17-34(33)41-21-22-42-35-18-8-2-12-26(35)28-23-27-25-11-1-3-13-29(25)39(32(27)24-36(28)42)30-14-4-9-19-37(30)43-38-20-10-5-15-31(38)39/h1-21,23-24H,22,40H2. The number of para-hydroxylation sites is 5. The maximum absolute atomic E-state index is 6.53. The zero-order valence-electron chi connectivity index (χ0n) is 23.4. The highest BCUT2D eigenvalue weighted by Gasteiger charge is 2.51. The van der Waals surface area contributed by atoms with E-state index in [4.69, 9.17) is 15.5 Å². The van der Waals surface area contributed by atoms with E-state index in [9.17, 15) is 0 Å². The second kappa shape index (κ2) is 8.94. The maximum atomic E-state index is 6.53. The fourth-order valence-corrected chi connectivity index (χ4v) is 7.41. The Morgan fingerprint density at radius 1 is 0.605 bits per heavy atom. The lowest BCUT2D eigenvalue weighted by Gasteiger charge is -2.39. The average Bonchev–Trinajstić information content (AvgIpc) is 3.51. The number of aromatic nitrogens is 1. The molecule has 1 spiro atoms. The number of nitrogen functional groups attached to an aromatic ring is 1. The summed E-state index contributed by atoms with van der Waals surface area (Å²) < 4.78 is 8.90. The molecule has 1 aromatic heterocycles. The smallest absolute Gasteiger partial charge is 0.132 e. The van der Waals surface area contributed by atoms with Crippen LogP contribution in [0.1, 0.15) is 22.3 Å². The lowest BCUT2D eigenvalue weighted by atomic mass is 9.66. The quantitative estimate of drug-likeness (QED) is 0.175. The summed E-state index contributed by atoms with van der Waals surface area (Å²) in [7, 11) is 0. The van der Waals surface area contributed by atoms with Crippen molar-refractivity contribution < 1.29 is 4.74 Å². The summed E-state index contributed by atoms with van der Waals surface area (Å²) in [6.07, 6.45) is 1.97. The number of rotatable bonds is 3. The van der Waals surface area contributed by atoms with Gasteiger partial charge in [-0.25, -0.2) is 0 Å². The Hall–Kier alpha value is -5.61. The van der Waals surface area contributed by atoms with Crippen LogP contribution in [-0.4, -0.2) is 10.8 Å². The van der Waals surface area contributed by atoms with Gasteiger partial charge >= 0.3 is 0 Å². The Morgan fingerprint density at radius 3 is 2.05 bits per heavy atom. The molecule has 6 aromatic carbocycles. The van der Waals surface area contributed by atoms with Gasteiger partial charge in [-0.3, -0.25) is 4.99 Å². The van der Waals surface area contributed by atoms with Gasteiger partial charge in [-0.2, -0.15) is 0 Å². The Kier molecular flexibility index (Phi) is 5.00. The Bertz CT molecular complexity index is 2230. The van der Waals surface area contributed by atoms with Crippen molar-refractivity contribution >= 4 is 39.4 Å². The number of hydrogen-bond acceptors (Lipinski definition) is 3. The summed E-state index contributed by atoms with van der Waals surface area (Å²) in [4.78, 5) is 4.75. The lowest BCUT2D eigenvalue weighted by Crippen LogP contribution is -2.32. The molecule has 0 atom stereocenters. The number of aliphatic imine (C=N–C) groups is 1. The molecule has 2 heterocycles. The normalized spacial score (nSPS) is 14.0. The number of fused-ring (bicyclic) bond motifs is 12. The molecular formula is C39H27N3O. The summed E-state index contributed by atoms with van der Waals surface area (Å²) in [6.45, 7) is 0.618. The van der Waals surface area contributed by atoms with Crippen LogP contribution in [0.2, 0.25) is 0 Å². The van der Waals surface area contributed by atoms with Crippen LogP contribution >= 0.6 is 0 Å². The predicted molar refractivity (Wildman–Crippen MR) is 176 cm³/mol. The van der Waals surface area contributed by atoms with Crippen LogP contribution in [-0.2, 0) is 12.0 Å². The van der Waals surface area contributed by atoms with Crippen molar-refractivity contribution in [2.24, 2.45) is 4.99 Å². The topological polar surface area (TPSA) is 52.5 Å². The Morgan fingerprint density at radius 2 is 1.26 bits per heavy atom. The second-order valence-electron chi connectivity index (χ2n) is 11.3. The molecule has 0 saturated heterocycles. The Balaban J connectivity index is 1.36. The van der Waals surface area contributed by atoms with Crippen LogP contribution in [0.15, 0.2) is 138 Å². The van der Waals surface area contributed by atoms with Gasteiger partial charge in [-0.15, -0.1) is 0 Å². The van der Waals surface area contributed by atoms with Gasteiger partial charge in [0, 0.05) is 39.1 Å². The van der Waals surface area contributed by atoms with Crippen LogP contribution < -0.4 is 10.5 Å². The zero-order valence-corrected chi connectivity index (χ0v) is 23.4. The fraction of sp³-hybridized carbons (Fsp3) is 0.0513. The van der Waals surface area contributed by atoms with Gasteiger partial charge in [-0.1, -0.05) is 91.0 Å². The summed E-state index contributed by atoms with van der Waals surface area (Å²) in [5, 5.41) is 2.47. The molecule has 4 heteroatoms. The minimum Gasteiger partial charge on any atom is -0.457 e. The van der Waals surface area contributed by atoms with Crippen LogP contribution in [0, 0.1) is 0 Å². The first-order valence-electron chi connectivity index (χ1n) is 14.6. The van der Waals surface area contributed by atoms with Gasteiger partial charge in [0.25, 0.3) is 0 Å². The van der Waals surface area contributed by atoms with E-state index in [0.29, 0.717) is 12.2 Å². The van der Waals surface area contributed by atoms with Crippen molar-refractivity contribution in [2.45, 2.75) is 12.0 Å². The molecule has 0 unspecified atom stereocenters. The summed E-state index contributed by atoms with van der Waals surface area (Å²) in [6, 6.07) is 47.1. The van der Waals surface area contributed by atoms with Crippen molar-refractivity contribution in [2.75, 3.05) is 5.73 Å². The van der Waals surface area contributed by atoms with Gasteiger partial charge in [0.05, 0.1) is 23.3 Å². The van der Waals surface area contributed by atoms with Crippen LogP contribution in [0.25, 0.3) is 32.9 Å². The average molecular weight is 554 g/mol. The highest BCUT2D eigenvalue weighted by molar-refractivity contribution is 6.11. The van der Waals surface area contributed by atoms with Gasteiger partial charge in [0.1, 0.15) is 11.5 Å². The zero-order chi connectivity index (χ0) is 28.5. The number of benzene rings is 6. The van der Waals surface area contributed by atoms with Crippen molar-refractivity contribution in [1.82, 2.24) is 4.57 Å². The molecule has 1 aliphatic carbocycles. The van der Waals surface area contributed by atoms with Gasteiger partial charge in [0.15, 0.2) is 0 Å². The monoisotopic (exact) mass is 553 g/mol. The Labute approximate surface area is 249 Å². The first kappa shape index (κ1) is 24.0. The molecular weight excluding hydrogens is 526 g/mol. The number of nitrogens with two attached hydrogens (primary N) is 1. The molecule has 0 saturated carbocycles. The van der Waals surface area contributed by atoms with E-state index >= 15 is 0 Å². The highest BCUT2D eigenvalue weighted by Crippen LogP contribution is 2.62. The molecule has 1 aliphatic heterocycles. The van der Waals surface area contributed by atoms with Crippen molar-refractivity contribution in [1.29, 1.82) is 0 Å². The maximum Gasteiger partial charge on any atom is 0.132 e.